The van der Waals surface area contributed by atoms with Gasteiger partial charge in [0.2, 0.25) is 11.7 Å². The number of halogens is 1. The number of aliphatic carboxylic acids is 1. The first kappa shape index (κ1) is 28.4. The standard InChI is InChI=1S/C31H34ClN5O4/c1-2-3-7-16-36-27(19-28(38)37-20-25(34-31(36)37)22-12-14-23(32)15-13-22)35-17-8-11-26(35)29(39)33-24(30(40)41)18-21-9-5-4-6-10-21/h4-6,9-10,12-15,19-20,24,26H,2-3,7-8,11,16-18H2,1H3,(H,33,39)(H,40,41)/t24-,26+/m1/s1. The van der Waals surface area contributed by atoms with Crippen LogP contribution < -0.4 is 15.8 Å². The summed E-state index contributed by atoms with van der Waals surface area (Å²) in [6.45, 7) is 3.33. The Balaban J connectivity index is 1.48. The van der Waals surface area contributed by atoms with Gasteiger partial charge in [-0.1, -0.05) is 73.8 Å². The van der Waals surface area contributed by atoms with E-state index in [1.54, 1.807) is 28.8 Å². The summed E-state index contributed by atoms with van der Waals surface area (Å²) in [5, 5.41) is 13.2. The second-order valence-corrected chi connectivity index (χ2v) is 10.9. The molecular formula is C31H34ClN5O4. The average Bonchev–Trinajstić information content (AvgIpc) is 3.63. The summed E-state index contributed by atoms with van der Waals surface area (Å²) in [6, 6.07) is 16.5. The number of nitrogens with zero attached hydrogens (tertiary/aromatic N) is 4. The smallest absolute Gasteiger partial charge is 0.326 e. The lowest BCUT2D eigenvalue weighted by Gasteiger charge is -2.29. The van der Waals surface area contributed by atoms with Crippen molar-refractivity contribution >= 4 is 35.1 Å². The molecule has 0 aliphatic carbocycles. The van der Waals surface area contributed by atoms with Gasteiger partial charge in [0.15, 0.2) is 0 Å². The van der Waals surface area contributed by atoms with Gasteiger partial charge in [0.1, 0.15) is 17.9 Å². The van der Waals surface area contributed by atoms with Crippen LogP contribution in [0.4, 0.5) is 5.82 Å². The number of carbonyl (C=O) groups excluding carboxylic acids is 1. The molecule has 2 N–H and O–H groups in total. The highest BCUT2D eigenvalue weighted by atomic mass is 35.5. The van der Waals surface area contributed by atoms with Crippen molar-refractivity contribution in [2.75, 3.05) is 11.4 Å². The lowest BCUT2D eigenvalue weighted by molar-refractivity contribution is -0.141. The molecule has 5 rings (SSSR count). The van der Waals surface area contributed by atoms with Crippen LogP contribution in [0.5, 0.6) is 0 Å². The third-order valence-corrected chi connectivity index (χ3v) is 7.82. The van der Waals surface area contributed by atoms with E-state index in [0.29, 0.717) is 41.8 Å². The predicted octanol–water partition coefficient (Wildman–Crippen LogP) is 4.79. The molecule has 2 aromatic carbocycles. The van der Waals surface area contributed by atoms with Crippen molar-refractivity contribution in [2.24, 2.45) is 0 Å². The number of nitrogens with one attached hydrogen (secondary N) is 1. The molecule has 2 atom stereocenters. The molecule has 10 heteroatoms. The third-order valence-electron chi connectivity index (χ3n) is 7.57. The van der Waals surface area contributed by atoms with Crippen LogP contribution in [0.25, 0.3) is 17.0 Å². The average molecular weight is 576 g/mol. The molecule has 9 nitrogen and oxygen atoms in total. The predicted molar refractivity (Wildman–Crippen MR) is 160 cm³/mol. The number of anilines is 1. The molecule has 0 unspecified atom stereocenters. The minimum Gasteiger partial charge on any atom is -0.480 e. The van der Waals surface area contributed by atoms with Gasteiger partial charge in [-0.05, 0) is 37.0 Å². The normalized spacial score (nSPS) is 15.8. The van der Waals surface area contributed by atoms with Gasteiger partial charge in [-0.2, -0.15) is 0 Å². The lowest BCUT2D eigenvalue weighted by Crippen LogP contribution is -2.51. The number of carbonyl (C=O) groups is 2. The Morgan fingerprint density at radius 1 is 1.12 bits per heavy atom. The molecule has 1 fully saturated rings. The van der Waals surface area contributed by atoms with Crippen LogP contribution in [-0.2, 0) is 22.6 Å². The van der Waals surface area contributed by atoms with Gasteiger partial charge < -0.3 is 15.3 Å². The van der Waals surface area contributed by atoms with Crippen LogP contribution in [0, 0.1) is 0 Å². The van der Waals surface area contributed by atoms with Crippen molar-refractivity contribution in [3.63, 3.8) is 0 Å². The zero-order chi connectivity index (χ0) is 28.9. The molecule has 0 bridgehead atoms. The number of hydrogen-bond donors (Lipinski definition) is 2. The highest BCUT2D eigenvalue weighted by Gasteiger charge is 2.35. The number of carboxylic acids is 1. The number of carboxylic acid groups (broad SMARTS) is 1. The molecule has 1 aliphatic rings. The second-order valence-electron chi connectivity index (χ2n) is 10.4. The Morgan fingerprint density at radius 2 is 1.88 bits per heavy atom. The van der Waals surface area contributed by atoms with Crippen LogP contribution >= 0.6 is 11.6 Å². The molecule has 0 spiro atoms. The monoisotopic (exact) mass is 575 g/mol. The van der Waals surface area contributed by atoms with E-state index >= 15 is 0 Å². The van der Waals surface area contributed by atoms with E-state index < -0.39 is 18.1 Å². The van der Waals surface area contributed by atoms with Gasteiger partial charge >= 0.3 is 5.97 Å². The summed E-state index contributed by atoms with van der Waals surface area (Å²) < 4.78 is 3.56. The Kier molecular flexibility index (Phi) is 8.73. The number of imidazole rings is 1. The van der Waals surface area contributed by atoms with Crippen molar-refractivity contribution in [3.05, 3.63) is 87.8 Å². The zero-order valence-corrected chi connectivity index (χ0v) is 23.8. The molecule has 1 amide bonds. The second kappa shape index (κ2) is 12.6. The quantitative estimate of drug-likeness (QED) is 0.249. The number of benzene rings is 2. The summed E-state index contributed by atoms with van der Waals surface area (Å²) in [5.41, 5.74) is 2.08. The molecule has 3 heterocycles. The largest absolute Gasteiger partial charge is 0.480 e. The van der Waals surface area contributed by atoms with E-state index in [2.05, 4.69) is 12.2 Å². The number of fused-ring (bicyclic) bond motifs is 1. The SMILES string of the molecule is CCCCCn1c(N2CCC[C@H]2C(=O)N[C@H](Cc2ccccc2)C(=O)O)cc(=O)n2cc(-c3ccc(Cl)cc3)nc12. The van der Waals surface area contributed by atoms with Crippen molar-refractivity contribution in [1.82, 2.24) is 19.3 Å². The minimum atomic E-state index is -1.09. The fourth-order valence-electron chi connectivity index (χ4n) is 5.45. The Hall–Kier alpha value is -4.11. The lowest BCUT2D eigenvalue weighted by atomic mass is 10.1. The van der Waals surface area contributed by atoms with E-state index in [4.69, 9.17) is 16.6 Å². The van der Waals surface area contributed by atoms with Crippen LogP contribution in [0.15, 0.2) is 71.7 Å². The summed E-state index contributed by atoms with van der Waals surface area (Å²) in [6.07, 6.45) is 6.14. The first-order chi connectivity index (χ1) is 19.9. The van der Waals surface area contributed by atoms with Gasteiger partial charge in [0, 0.05) is 42.4 Å². The van der Waals surface area contributed by atoms with Crippen LogP contribution in [0.1, 0.15) is 44.6 Å². The van der Waals surface area contributed by atoms with E-state index in [-0.39, 0.29) is 17.9 Å². The minimum absolute atomic E-state index is 0.184. The topological polar surface area (TPSA) is 109 Å². The van der Waals surface area contributed by atoms with Crippen LogP contribution in [0.2, 0.25) is 5.02 Å². The van der Waals surface area contributed by atoms with E-state index in [0.717, 1.165) is 36.8 Å². The van der Waals surface area contributed by atoms with E-state index in [1.807, 2.05) is 51.9 Å². The first-order valence-electron chi connectivity index (χ1n) is 14.1. The summed E-state index contributed by atoms with van der Waals surface area (Å²) in [7, 11) is 0. The Morgan fingerprint density at radius 3 is 2.59 bits per heavy atom. The molecule has 41 heavy (non-hydrogen) atoms. The highest BCUT2D eigenvalue weighted by molar-refractivity contribution is 6.30. The van der Waals surface area contributed by atoms with E-state index in [1.165, 1.54) is 0 Å². The van der Waals surface area contributed by atoms with E-state index in [9.17, 15) is 19.5 Å². The molecule has 0 radical (unpaired) electrons. The molecule has 1 saturated heterocycles. The van der Waals surface area contributed by atoms with Crippen LogP contribution in [-0.4, -0.2) is 49.6 Å². The van der Waals surface area contributed by atoms with Crippen molar-refractivity contribution in [2.45, 2.75) is 64.1 Å². The maximum atomic E-state index is 13.5. The number of unbranched alkanes of at least 4 members (excludes halogenated alkanes) is 2. The zero-order valence-electron chi connectivity index (χ0n) is 23.0. The van der Waals surface area contributed by atoms with Crippen molar-refractivity contribution in [1.29, 1.82) is 0 Å². The molecule has 214 valence electrons. The molecule has 0 saturated carbocycles. The van der Waals surface area contributed by atoms with Crippen molar-refractivity contribution in [3.8, 4) is 11.3 Å². The fraction of sp³-hybridized carbons (Fsp3) is 0.355. The van der Waals surface area contributed by atoms with Gasteiger partial charge in [-0.3, -0.25) is 18.6 Å². The number of amides is 1. The molecule has 1 aliphatic heterocycles. The van der Waals surface area contributed by atoms with Gasteiger partial charge in [0.25, 0.3) is 5.56 Å². The third kappa shape index (κ3) is 6.30. The number of hydrogen-bond acceptors (Lipinski definition) is 5. The molecule has 2 aromatic heterocycles. The van der Waals surface area contributed by atoms with Gasteiger partial charge in [0.05, 0.1) is 5.69 Å². The van der Waals surface area contributed by atoms with Gasteiger partial charge in [-0.15, -0.1) is 0 Å². The first-order valence-corrected chi connectivity index (χ1v) is 14.5. The number of aromatic nitrogens is 3. The Labute approximate surface area is 243 Å². The maximum Gasteiger partial charge on any atom is 0.326 e. The summed E-state index contributed by atoms with van der Waals surface area (Å²) >= 11 is 6.07. The molecular weight excluding hydrogens is 542 g/mol. The summed E-state index contributed by atoms with van der Waals surface area (Å²) in [4.78, 5) is 45.7. The number of aryl methyl sites for hydroxylation is 1. The molecule has 4 aromatic rings. The fourth-order valence-corrected chi connectivity index (χ4v) is 5.57. The van der Waals surface area contributed by atoms with Gasteiger partial charge in [-0.25, -0.2) is 9.78 Å². The van der Waals surface area contributed by atoms with Crippen LogP contribution in [0.3, 0.4) is 0 Å². The summed E-state index contributed by atoms with van der Waals surface area (Å²) in [5.74, 6) is -0.313. The number of rotatable bonds is 11. The Bertz CT molecular complexity index is 1580. The highest BCUT2D eigenvalue weighted by Crippen LogP contribution is 2.28. The maximum absolute atomic E-state index is 13.5. The van der Waals surface area contributed by atoms with Crippen molar-refractivity contribution < 1.29 is 14.7 Å².